The molecule has 0 saturated carbocycles. The molecule has 0 atom stereocenters. The van der Waals surface area contributed by atoms with Crippen molar-refractivity contribution in [2.45, 2.75) is 19.3 Å². The minimum Gasteiger partial charge on any atom is -0.497 e. The van der Waals surface area contributed by atoms with Crippen LogP contribution in [0, 0.1) is 17.2 Å². The van der Waals surface area contributed by atoms with Gasteiger partial charge in [0.1, 0.15) is 11.5 Å². The lowest BCUT2D eigenvalue weighted by Gasteiger charge is -2.30. The van der Waals surface area contributed by atoms with Gasteiger partial charge in [0.2, 0.25) is 5.91 Å². The van der Waals surface area contributed by atoms with Crippen molar-refractivity contribution in [1.29, 1.82) is 5.26 Å². The largest absolute Gasteiger partial charge is 0.497 e. The van der Waals surface area contributed by atoms with Gasteiger partial charge in [0.05, 0.1) is 26.0 Å². The second kappa shape index (κ2) is 9.53. The van der Waals surface area contributed by atoms with Gasteiger partial charge in [-0.1, -0.05) is 0 Å². The molecule has 0 radical (unpaired) electrons. The lowest BCUT2D eigenvalue weighted by molar-refractivity contribution is -0.121. The molecule has 1 saturated heterocycles. The molecule has 1 fully saturated rings. The number of hydrogen-bond acceptors (Lipinski definition) is 7. The van der Waals surface area contributed by atoms with Crippen molar-refractivity contribution in [2.24, 2.45) is 5.92 Å². The molecular formula is C20H24N4O3S. The van der Waals surface area contributed by atoms with Gasteiger partial charge in [-0.05, 0) is 44.1 Å². The van der Waals surface area contributed by atoms with Gasteiger partial charge in [0.15, 0.2) is 5.13 Å². The number of amides is 1. The van der Waals surface area contributed by atoms with E-state index in [1.54, 1.807) is 14.2 Å². The smallest absolute Gasteiger partial charge is 0.229 e. The molecule has 0 spiro atoms. The number of hydrogen-bond donors (Lipinski definition) is 1. The first-order chi connectivity index (χ1) is 13.6. The first-order valence-electron chi connectivity index (χ1n) is 9.22. The zero-order valence-electron chi connectivity index (χ0n) is 16.1. The van der Waals surface area contributed by atoms with E-state index in [0.29, 0.717) is 17.3 Å². The Bertz CT molecular complexity index is 853. The monoisotopic (exact) mass is 400 g/mol. The predicted octanol–water partition coefficient (Wildman–Crippen LogP) is 3.39. The van der Waals surface area contributed by atoms with E-state index in [1.165, 1.54) is 11.3 Å². The molecule has 8 heteroatoms. The molecule has 28 heavy (non-hydrogen) atoms. The lowest BCUT2D eigenvalue weighted by atomic mass is 9.96. The van der Waals surface area contributed by atoms with Crippen molar-refractivity contribution < 1.29 is 14.3 Å². The van der Waals surface area contributed by atoms with E-state index in [0.717, 1.165) is 49.5 Å². The molecule has 1 aromatic heterocycles. The number of benzene rings is 1. The molecule has 1 aliphatic rings. The summed E-state index contributed by atoms with van der Waals surface area (Å²) >= 11 is 1.40. The van der Waals surface area contributed by atoms with E-state index in [9.17, 15) is 4.79 Å². The van der Waals surface area contributed by atoms with Crippen molar-refractivity contribution in [3.8, 4) is 28.8 Å². The number of likely N-dealkylation sites (tertiary alicyclic amines) is 1. The highest BCUT2D eigenvalue weighted by molar-refractivity contribution is 7.14. The van der Waals surface area contributed by atoms with Crippen molar-refractivity contribution in [2.75, 3.05) is 39.2 Å². The molecule has 0 aliphatic carbocycles. The fraction of sp³-hybridized carbons (Fsp3) is 0.450. The summed E-state index contributed by atoms with van der Waals surface area (Å²) in [7, 11) is 3.23. The normalized spacial score (nSPS) is 15.0. The van der Waals surface area contributed by atoms with E-state index < -0.39 is 0 Å². The highest BCUT2D eigenvalue weighted by Gasteiger charge is 2.25. The van der Waals surface area contributed by atoms with Crippen LogP contribution in [0.1, 0.15) is 19.3 Å². The fourth-order valence-electron chi connectivity index (χ4n) is 3.30. The van der Waals surface area contributed by atoms with Gasteiger partial charge < -0.3 is 19.7 Å². The second-order valence-corrected chi connectivity index (χ2v) is 7.48. The number of anilines is 1. The number of nitrogens with zero attached hydrogens (tertiary/aromatic N) is 3. The number of piperidine rings is 1. The fourth-order valence-corrected chi connectivity index (χ4v) is 4.02. The van der Waals surface area contributed by atoms with Crippen molar-refractivity contribution >= 4 is 22.4 Å². The number of nitrogens with one attached hydrogen (secondary N) is 1. The molecule has 2 aromatic rings. The summed E-state index contributed by atoms with van der Waals surface area (Å²) in [4.78, 5) is 19.4. The number of rotatable bonds is 7. The number of carbonyl (C=O) groups is 1. The van der Waals surface area contributed by atoms with Gasteiger partial charge in [0, 0.05) is 29.8 Å². The Labute approximate surface area is 168 Å². The molecule has 7 nitrogen and oxygen atoms in total. The van der Waals surface area contributed by atoms with Crippen LogP contribution in [-0.2, 0) is 4.79 Å². The average Bonchev–Trinajstić information content (AvgIpc) is 3.20. The second-order valence-electron chi connectivity index (χ2n) is 6.62. The summed E-state index contributed by atoms with van der Waals surface area (Å²) in [5.74, 6) is 1.42. The van der Waals surface area contributed by atoms with Crippen LogP contribution in [0.15, 0.2) is 23.6 Å². The van der Waals surface area contributed by atoms with E-state index in [1.807, 2.05) is 23.6 Å². The van der Waals surface area contributed by atoms with Crippen molar-refractivity contribution in [1.82, 2.24) is 9.88 Å². The zero-order chi connectivity index (χ0) is 19.9. The molecule has 1 amide bonds. The number of aromatic nitrogens is 1. The maximum Gasteiger partial charge on any atom is 0.229 e. The Hall–Kier alpha value is -2.63. The molecule has 2 heterocycles. The highest BCUT2D eigenvalue weighted by Crippen LogP contribution is 2.35. The number of thiazole rings is 1. The van der Waals surface area contributed by atoms with Crippen LogP contribution < -0.4 is 14.8 Å². The standard InChI is InChI=1S/C20H24N4O3S/c1-26-15-4-5-18(27-2)16(12-15)17-13-28-20(22-17)23-19(25)14-6-10-24(11-7-14)9-3-8-21/h4-5,12-14H,3,6-7,9-11H2,1-2H3,(H,22,23,25). The molecule has 3 rings (SSSR count). The first kappa shape index (κ1) is 20.1. The zero-order valence-corrected chi connectivity index (χ0v) is 16.9. The van der Waals surface area contributed by atoms with Gasteiger partial charge in [-0.15, -0.1) is 11.3 Å². The minimum atomic E-state index is -0.0166. The topological polar surface area (TPSA) is 87.5 Å². The number of methoxy groups -OCH3 is 2. The third-order valence-corrected chi connectivity index (χ3v) is 5.67. The van der Waals surface area contributed by atoms with Crippen LogP contribution in [0.5, 0.6) is 11.5 Å². The maximum atomic E-state index is 12.6. The number of carbonyl (C=O) groups excluding carboxylic acids is 1. The molecule has 0 unspecified atom stereocenters. The SMILES string of the molecule is COc1ccc(OC)c(-c2csc(NC(=O)C3CCN(CCC#N)CC3)n2)c1. The van der Waals surface area contributed by atoms with Crippen LogP contribution in [-0.4, -0.2) is 49.6 Å². The Balaban J connectivity index is 1.62. The summed E-state index contributed by atoms with van der Waals surface area (Å²) in [5.41, 5.74) is 1.56. The third-order valence-electron chi connectivity index (χ3n) is 4.92. The summed E-state index contributed by atoms with van der Waals surface area (Å²) in [6.45, 7) is 2.48. The van der Waals surface area contributed by atoms with Gasteiger partial charge in [-0.25, -0.2) is 4.98 Å². The van der Waals surface area contributed by atoms with E-state index in [4.69, 9.17) is 14.7 Å². The third kappa shape index (κ3) is 4.80. The maximum absolute atomic E-state index is 12.6. The van der Waals surface area contributed by atoms with Crippen molar-refractivity contribution in [3.63, 3.8) is 0 Å². The number of nitriles is 1. The Morgan fingerprint density at radius 2 is 2.14 bits per heavy atom. The molecular weight excluding hydrogens is 376 g/mol. The summed E-state index contributed by atoms with van der Waals surface area (Å²) in [6.07, 6.45) is 2.14. The summed E-state index contributed by atoms with van der Waals surface area (Å²) < 4.78 is 10.7. The quantitative estimate of drug-likeness (QED) is 0.766. The van der Waals surface area contributed by atoms with Crippen LogP contribution in [0.4, 0.5) is 5.13 Å². The molecule has 0 bridgehead atoms. The first-order valence-corrected chi connectivity index (χ1v) is 10.1. The summed E-state index contributed by atoms with van der Waals surface area (Å²) in [6, 6.07) is 7.71. The Morgan fingerprint density at radius 1 is 1.36 bits per heavy atom. The molecule has 1 N–H and O–H groups in total. The molecule has 1 aliphatic heterocycles. The van der Waals surface area contributed by atoms with Crippen LogP contribution in [0.2, 0.25) is 0 Å². The lowest BCUT2D eigenvalue weighted by Crippen LogP contribution is -2.38. The Kier molecular flexibility index (Phi) is 6.85. The van der Waals surface area contributed by atoms with Gasteiger partial charge in [-0.2, -0.15) is 5.26 Å². The summed E-state index contributed by atoms with van der Waals surface area (Å²) in [5, 5.41) is 14.1. The van der Waals surface area contributed by atoms with E-state index in [-0.39, 0.29) is 11.8 Å². The van der Waals surface area contributed by atoms with Crippen LogP contribution in [0.3, 0.4) is 0 Å². The number of ether oxygens (including phenoxy) is 2. The van der Waals surface area contributed by atoms with Crippen molar-refractivity contribution in [3.05, 3.63) is 23.6 Å². The average molecular weight is 401 g/mol. The predicted molar refractivity (Wildman–Crippen MR) is 109 cm³/mol. The van der Waals surface area contributed by atoms with E-state index >= 15 is 0 Å². The van der Waals surface area contributed by atoms with Crippen LogP contribution in [0.25, 0.3) is 11.3 Å². The minimum absolute atomic E-state index is 0.0124. The van der Waals surface area contributed by atoms with Gasteiger partial charge >= 0.3 is 0 Å². The highest BCUT2D eigenvalue weighted by atomic mass is 32.1. The molecule has 1 aromatic carbocycles. The van der Waals surface area contributed by atoms with E-state index in [2.05, 4.69) is 21.3 Å². The van der Waals surface area contributed by atoms with Gasteiger partial charge in [0.25, 0.3) is 0 Å². The van der Waals surface area contributed by atoms with Gasteiger partial charge in [-0.3, -0.25) is 4.79 Å². The molecule has 148 valence electrons. The Morgan fingerprint density at radius 3 is 2.82 bits per heavy atom. The van der Waals surface area contributed by atoms with Crippen LogP contribution >= 0.6 is 11.3 Å².